The molecule has 3 aromatic rings. The molecule has 0 bridgehead atoms. The smallest absolute Gasteiger partial charge is 0.264 e. The van der Waals surface area contributed by atoms with Crippen molar-refractivity contribution in [1.82, 2.24) is 4.98 Å². The van der Waals surface area contributed by atoms with Crippen LogP contribution in [0, 0.1) is 20.8 Å². The van der Waals surface area contributed by atoms with Crippen molar-refractivity contribution in [3.63, 3.8) is 0 Å². The van der Waals surface area contributed by atoms with E-state index >= 15 is 0 Å². The van der Waals surface area contributed by atoms with Gasteiger partial charge in [0.15, 0.2) is 17.5 Å². The lowest BCUT2D eigenvalue weighted by Crippen LogP contribution is -2.20. The molecule has 0 atom stereocenters. The molecular weight excluding hydrogens is 324 g/mol. The highest BCUT2D eigenvalue weighted by molar-refractivity contribution is 7.14. The van der Waals surface area contributed by atoms with Crippen LogP contribution in [-0.4, -0.2) is 17.5 Å². The second-order valence-electron chi connectivity index (χ2n) is 5.48. The van der Waals surface area contributed by atoms with Gasteiger partial charge in [0.25, 0.3) is 5.91 Å². The number of benzene rings is 1. The summed E-state index contributed by atoms with van der Waals surface area (Å²) < 4.78 is 11.1. The first-order valence-corrected chi connectivity index (χ1v) is 8.42. The minimum absolute atomic E-state index is 0.0565. The molecule has 0 saturated heterocycles. The number of hydrogen-bond acceptors (Lipinski definition) is 5. The topological polar surface area (TPSA) is 64.4 Å². The van der Waals surface area contributed by atoms with Gasteiger partial charge in [-0.1, -0.05) is 12.1 Å². The minimum Gasteiger partial charge on any atom is -0.483 e. The van der Waals surface area contributed by atoms with Gasteiger partial charge in [-0.2, -0.15) is 0 Å². The van der Waals surface area contributed by atoms with Crippen molar-refractivity contribution in [3.8, 4) is 17.2 Å². The van der Waals surface area contributed by atoms with Crippen LogP contribution < -0.4 is 10.1 Å². The number of amides is 1. The summed E-state index contributed by atoms with van der Waals surface area (Å²) in [7, 11) is 0. The highest BCUT2D eigenvalue weighted by Crippen LogP contribution is 2.26. The standard InChI is InChI=1S/C18H18N2O3S/c1-11-5-4-6-15(13(11)3)22-9-17(21)20-18-19-14(10-24-18)16-8-7-12(2)23-16/h4-8,10H,9H2,1-3H3,(H,19,20,21). The number of rotatable bonds is 5. The molecule has 1 amide bonds. The zero-order valence-corrected chi connectivity index (χ0v) is 14.6. The molecule has 0 aliphatic carbocycles. The zero-order valence-electron chi connectivity index (χ0n) is 13.8. The van der Waals surface area contributed by atoms with Gasteiger partial charge in [-0.3, -0.25) is 10.1 Å². The third-order valence-electron chi connectivity index (χ3n) is 3.66. The van der Waals surface area contributed by atoms with Crippen molar-refractivity contribution >= 4 is 22.4 Å². The molecule has 0 saturated carbocycles. The van der Waals surface area contributed by atoms with Crippen LogP contribution in [-0.2, 0) is 4.79 Å². The maximum absolute atomic E-state index is 12.0. The molecule has 6 heteroatoms. The van der Waals surface area contributed by atoms with E-state index < -0.39 is 0 Å². The Hall–Kier alpha value is -2.60. The van der Waals surface area contributed by atoms with Gasteiger partial charge in [0.2, 0.25) is 0 Å². The van der Waals surface area contributed by atoms with Crippen LogP contribution in [0.25, 0.3) is 11.5 Å². The molecule has 124 valence electrons. The molecule has 0 aliphatic rings. The maximum atomic E-state index is 12.0. The van der Waals surface area contributed by atoms with Crippen molar-refractivity contribution in [1.29, 1.82) is 0 Å². The molecule has 0 fully saturated rings. The zero-order chi connectivity index (χ0) is 17.1. The second-order valence-corrected chi connectivity index (χ2v) is 6.34. The number of ether oxygens (including phenoxy) is 1. The average Bonchev–Trinajstić information content (AvgIpc) is 3.18. The van der Waals surface area contributed by atoms with Crippen molar-refractivity contribution < 1.29 is 13.9 Å². The highest BCUT2D eigenvalue weighted by atomic mass is 32.1. The Labute approximate surface area is 144 Å². The van der Waals surface area contributed by atoms with E-state index in [0.29, 0.717) is 16.6 Å². The molecule has 0 unspecified atom stereocenters. The number of thiazole rings is 1. The largest absolute Gasteiger partial charge is 0.483 e. The average molecular weight is 342 g/mol. The van der Waals surface area contributed by atoms with Gasteiger partial charge < -0.3 is 9.15 Å². The summed E-state index contributed by atoms with van der Waals surface area (Å²) in [5.74, 6) is 1.99. The molecule has 24 heavy (non-hydrogen) atoms. The van der Waals surface area contributed by atoms with Gasteiger partial charge in [0, 0.05) is 5.38 Å². The van der Waals surface area contributed by atoms with Gasteiger partial charge in [0.1, 0.15) is 17.2 Å². The molecule has 2 heterocycles. The molecule has 5 nitrogen and oxygen atoms in total. The number of carbonyl (C=O) groups is 1. The molecule has 3 rings (SSSR count). The van der Waals surface area contributed by atoms with E-state index in [0.717, 1.165) is 22.6 Å². The van der Waals surface area contributed by atoms with E-state index in [1.54, 1.807) is 0 Å². The number of anilines is 1. The van der Waals surface area contributed by atoms with E-state index in [2.05, 4.69) is 10.3 Å². The first-order valence-electron chi connectivity index (χ1n) is 7.54. The fourth-order valence-corrected chi connectivity index (χ4v) is 2.91. The third kappa shape index (κ3) is 3.65. The number of aryl methyl sites for hydroxylation is 2. The fourth-order valence-electron chi connectivity index (χ4n) is 2.20. The van der Waals surface area contributed by atoms with Crippen molar-refractivity contribution in [2.24, 2.45) is 0 Å². The van der Waals surface area contributed by atoms with Gasteiger partial charge in [0.05, 0.1) is 0 Å². The summed E-state index contributed by atoms with van der Waals surface area (Å²) in [6.07, 6.45) is 0. The first-order chi connectivity index (χ1) is 11.5. The molecule has 0 aliphatic heterocycles. The maximum Gasteiger partial charge on any atom is 0.264 e. The van der Waals surface area contributed by atoms with Gasteiger partial charge in [-0.25, -0.2) is 4.98 Å². The Morgan fingerprint density at radius 1 is 1.25 bits per heavy atom. The predicted octanol–water partition coefficient (Wildman–Crippen LogP) is 4.35. The van der Waals surface area contributed by atoms with Crippen LogP contribution in [0.5, 0.6) is 5.75 Å². The third-order valence-corrected chi connectivity index (χ3v) is 4.41. The van der Waals surface area contributed by atoms with Crippen LogP contribution in [0.3, 0.4) is 0 Å². The van der Waals surface area contributed by atoms with Crippen LogP contribution in [0.2, 0.25) is 0 Å². The Balaban J connectivity index is 1.59. The summed E-state index contributed by atoms with van der Waals surface area (Å²) in [4.78, 5) is 16.4. The van der Waals surface area contributed by atoms with Crippen molar-refractivity contribution in [2.75, 3.05) is 11.9 Å². The minimum atomic E-state index is -0.243. The molecule has 1 aromatic carbocycles. The van der Waals surface area contributed by atoms with Gasteiger partial charge in [-0.15, -0.1) is 11.3 Å². The summed E-state index contributed by atoms with van der Waals surface area (Å²) in [6, 6.07) is 9.52. The Kier molecular flexibility index (Phi) is 4.66. The van der Waals surface area contributed by atoms with Gasteiger partial charge in [-0.05, 0) is 50.1 Å². The van der Waals surface area contributed by atoms with Crippen LogP contribution in [0.1, 0.15) is 16.9 Å². The number of hydrogen-bond donors (Lipinski definition) is 1. The lowest BCUT2D eigenvalue weighted by Gasteiger charge is -2.10. The monoisotopic (exact) mass is 342 g/mol. The number of nitrogens with one attached hydrogen (secondary N) is 1. The summed E-state index contributed by atoms with van der Waals surface area (Å²) in [5.41, 5.74) is 2.88. The molecular formula is C18H18N2O3S. The van der Waals surface area contributed by atoms with Crippen LogP contribution >= 0.6 is 11.3 Å². The van der Waals surface area contributed by atoms with E-state index in [4.69, 9.17) is 9.15 Å². The Morgan fingerprint density at radius 2 is 2.08 bits per heavy atom. The van der Waals surface area contributed by atoms with Crippen LogP contribution in [0.15, 0.2) is 40.1 Å². The predicted molar refractivity (Wildman–Crippen MR) is 94.6 cm³/mol. The quantitative estimate of drug-likeness (QED) is 0.749. The summed E-state index contributed by atoms with van der Waals surface area (Å²) in [5, 5.41) is 5.11. The fraction of sp³-hybridized carbons (Fsp3) is 0.222. The first kappa shape index (κ1) is 16.3. The van der Waals surface area contributed by atoms with E-state index in [1.807, 2.05) is 56.5 Å². The van der Waals surface area contributed by atoms with E-state index in [-0.39, 0.29) is 12.5 Å². The number of aromatic nitrogens is 1. The number of furan rings is 1. The SMILES string of the molecule is Cc1ccc(-c2csc(NC(=O)COc3cccc(C)c3C)n2)o1. The van der Waals surface area contributed by atoms with Crippen molar-refractivity contribution in [2.45, 2.75) is 20.8 Å². The Bertz CT molecular complexity index is 867. The van der Waals surface area contributed by atoms with E-state index in [1.165, 1.54) is 11.3 Å². The second kappa shape index (κ2) is 6.88. The molecule has 2 aromatic heterocycles. The highest BCUT2D eigenvalue weighted by Gasteiger charge is 2.11. The number of carbonyl (C=O) groups excluding carboxylic acids is 1. The number of nitrogens with zero attached hydrogens (tertiary/aromatic N) is 1. The summed E-state index contributed by atoms with van der Waals surface area (Å²) >= 11 is 1.35. The van der Waals surface area contributed by atoms with Gasteiger partial charge >= 0.3 is 0 Å². The summed E-state index contributed by atoms with van der Waals surface area (Å²) in [6.45, 7) is 5.80. The van der Waals surface area contributed by atoms with Crippen LogP contribution in [0.4, 0.5) is 5.13 Å². The lowest BCUT2D eigenvalue weighted by molar-refractivity contribution is -0.118. The molecule has 0 spiro atoms. The van der Waals surface area contributed by atoms with Crippen molar-refractivity contribution in [3.05, 3.63) is 52.6 Å². The lowest BCUT2D eigenvalue weighted by atomic mass is 10.1. The normalized spacial score (nSPS) is 10.6. The van der Waals surface area contributed by atoms with E-state index in [9.17, 15) is 4.79 Å². The Morgan fingerprint density at radius 3 is 2.83 bits per heavy atom. The molecule has 1 N–H and O–H groups in total. The molecule has 0 radical (unpaired) electrons.